The number of carbonyl (C=O) groups excluding carboxylic acids is 1. The van der Waals surface area contributed by atoms with E-state index in [0.29, 0.717) is 0 Å². The number of hydrogen-bond donors (Lipinski definition) is 3. The molecule has 0 atom stereocenters. The standard InChI is InChI=1S/C16H16O7/c1-7(2)23-16(21)9-4-8-6-11(22-3)14(19)15(20)12(8)13(18)10(17)5-9/h4-7,19-20H,1-3H3,(H,17,18). The van der Waals surface area contributed by atoms with Gasteiger partial charge in [0, 0.05) is 6.07 Å². The zero-order chi connectivity index (χ0) is 17.3. The van der Waals surface area contributed by atoms with Crippen molar-refractivity contribution in [3.05, 3.63) is 34.0 Å². The Kier molecular flexibility index (Phi) is 4.31. The van der Waals surface area contributed by atoms with E-state index in [4.69, 9.17) is 9.47 Å². The van der Waals surface area contributed by atoms with E-state index < -0.39 is 34.8 Å². The lowest BCUT2D eigenvalue weighted by molar-refractivity contribution is 0.0378. The minimum atomic E-state index is -0.893. The van der Waals surface area contributed by atoms with E-state index in [-0.39, 0.29) is 22.1 Å². The summed E-state index contributed by atoms with van der Waals surface area (Å²) < 4.78 is 9.94. The summed E-state index contributed by atoms with van der Waals surface area (Å²) in [6, 6.07) is 3.46. The average molecular weight is 320 g/mol. The van der Waals surface area contributed by atoms with Crippen molar-refractivity contribution in [2.75, 3.05) is 7.11 Å². The highest BCUT2D eigenvalue weighted by Crippen LogP contribution is 2.43. The molecule has 0 heterocycles. The van der Waals surface area contributed by atoms with Gasteiger partial charge in [0.2, 0.25) is 11.2 Å². The van der Waals surface area contributed by atoms with Gasteiger partial charge in [-0.3, -0.25) is 4.79 Å². The Bertz CT molecular complexity index is 840. The summed E-state index contributed by atoms with van der Waals surface area (Å²) in [5, 5.41) is 29.7. The number of ether oxygens (including phenoxy) is 2. The molecule has 2 rings (SSSR count). The van der Waals surface area contributed by atoms with Gasteiger partial charge < -0.3 is 24.8 Å². The number of esters is 1. The minimum Gasteiger partial charge on any atom is -0.504 e. The van der Waals surface area contributed by atoms with Gasteiger partial charge in [-0.2, -0.15) is 0 Å². The van der Waals surface area contributed by atoms with E-state index >= 15 is 0 Å². The minimum absolute atomic E-state index is 0.0729. The van der Waals surface area contributed by atoms with Gasteiger partial charge in [0.25, 0.3) is 0 Å². The molecule has 2 aromatic carbocycles. The maximum atomic E-state index is 12.0. The van der Waals surface area contributed by atoms with Crippen molar-refractivity contribution in [2.24, 2.45) is 0 Å². The Labute approximate surface area is 131 Å². The second-order valence-corrected chi connectivity index (χ2v) is 5.15. The van der Waals surface area contributed by atoms with Crippen LogP contribution in [-0.2, 0) is 4.74 Å². The molecule has 0 bridgehead atoms. The summed E-state index contributed by atoms with van der Waals surface area (Å²) in [6.07, 6.45) is -0.394. The van der Waals surface area contributed by atoms with E-state index in [1.165, 1.54) is 19.2 Å². The Hall–Kier alpha value is -2.96. The van der Waals surface area contributed by atoms with Crippen molar-refractivity contribution in [2.45, 2.75) is 20.0 Å². The molecule has 0 fully saturated rings. The quantitative estimate of drug-likeness (QED) is 0.584. The van der Waals surface area contributed by atoms with Crippen LogP contribution in [0.2, 0.25) is 0 Å². The van der Waals surface area contributed by atoms with Crippen LogP contribution in [0.15, 0.2) is 23.0 Å². The molecule has 3 N–H and O–H groups in total. The van der Waals surface area contributed by atoms with E-state index in [1.807, 2.05) is 0 Å². The number of benzene rings is 1. The Morgan fingerprint density at radius 2 is 1.70 bits per heavy atom. The summed E-state index contributed by atoms with van der Waals surface area (Å²) in [4.78, 5) is 24.0. The zero-order valence-corrected chi connectivity index (χ0v) is 12.8. The third kappa shape index (κ3) is 2.98. The van der Waals surface area contributed by atoms with Crippen molar-refractivity contribution in [3.8, 4) is 23.0 Å². The molecule has 0 unspecified atom stereocenters. The predicted octanol–water partition coefficient (Wildman–Crippen LogP) is 1.89. The first-order chi connectivity index (χ1) is 10.8. The lowest BCUT2D eigenvalue weighted by Gasteiger charge is -2.08. The molecule has 0 aromatic heterocycles. The fraction of sp³-hybridized carbons (Fsp3) is 0.250. The first kappa shape index (κ1) is 16.4. The number of phenolic OH excluding ortho intramolecular Hbond substituents is 2. The van der Waals surface area contributed by atoms with E-state index in [1.54, 1.807) is 13.8 Å². The molecular formula is C16H16O7. The van der Waals surface area contributed by atoms with Gasteiger partial charge in [0.15, 0.2) is 17.2 Å². The molecule has 0 saturated carbocycles. The normalized spacial score (nSPS) is 10.8. The van der Waals surface area contributed by atoms with Crippen LogP contribution in [-0.4, -0.2) is 34.5 Å². The van der Waals surface area contributed by atoms with Gasteiger partial charge in [0.05, 0.1) is 24.2 Å². The first-order valence-electron chi connectivity index (χ1n) is 6.77. The van der Waals surface area contributed by atoms with E-state index in [0.717, 1.165) is 6.07 Å². The van der Waals surface area contributed by atoms with Crippen LogP contribution in [0.5, 0.6) is 23.0 Å². The van der Waals surface area contributed by atoms with Crippen molar-refractivity contribution >= 4 is 16.7 Å². The molecule has 7 heteroatoms. The molecule has 0 saturated heterocycles. The van der Waals surface area contributed by atoms with Gasteiger partial charge >= 0.3 is 5.97 Å². The number of rotatable bonds is 3. The van der Waals surface area contributed by atoms with E-state index in [2.05, 4.69) is 0 Å². The van der Waals surface area contributed by atoms with Crippen LogP contribution in [0.1, 0.15) is 24.2 Å². The molecule has 122 valence electrons. The summed E-state index contributed by atoms with van der Waals surface area (Å²) in [6.45, 7) is 3.31. The van der Waals surface area contributed by atoms with Crippen LogP contribution < -0.4 is 10.2 Å². The molecule has 0 aliphatic heterocycles. The Balaban J connectivity index is 2.87. The molecule has 0 aliphatic carbocycles. The van der Waals surface area contributed by atoms with Gasteiger partial charge in [0.1, 0.15) is 0 Å². The largest absolute Gasteiger partial charge is 0.504 e. The van der Waals surface area contributed by atoms with Crippen LogP contribution in [0.4, 0.5) is 0 Å². The molecule has 2 aromatic rings. The van der Waals surface area contributed by atoms with Crippen molar-refractivity contribution in [1.82, 2.24) is 0 Å². The molecule has 7 nitrogen and oxygen atoms in total. The molecule has 0 amide bonds. The third-order valence-electron chi connectivity index (χ3n) is 3.14. The van der Waals surface area contributed by atoms with Crippen LogP contribution in [0.25, 0.3) is 10.8 Å². The van der Waals surface area contributed by atoms with Gasteiger partial charge in [-0.15, -0.1) is 0 Å². The van der Waals surface area contributed by atoms with Crippen molar-refractivity contribution in [3.63, 3.8) is 0 Å². The number of hydrogen-bond acceptors (Lipinski definition) is 7. The van der Waals surface area contributed by atoms with Gasteiger partial charge in [-0.05, 0) is 31.4 Å². The summed E-state index contributed by atoms with van der Waals surface area (Å²) in [5.74, 6) is -2.95. The fourth-order valence-electron chi connectivity index (χ4n) is 2.11. The van der Waals surface area contributed by atoms with Crippen LogP contribution in [0, 0.1) is 0 Å². The van der Waals surface area contributed by atoms with Gasteiger partial charge in [-0.1, -0.05) is 0 Å². The molecular weight excluding hydrogens is 304 g/mol. The monoisotopic (exact) mass is 320 g/mol. The average Bonchev–Trinajstić information content (AvgIpc) is 2.60. The van der Waals surface area contributed by atoms with Crippen LogP contribution >= 0.6 is 0 Å². The lowest BCUT2D eigenvalue weighted by atomic mass is 10.1. The maximum Gasteiger partial charge on any atom is 0.338 e. The summed E-state index contributed by atoms with van der Waals surface area (Å²) >= 11 is 0. The maximum absolute atomic E-state index is 12.0. The number of methoxy groups -OCH3 is 1. The highest BCUT2D eigenvalue weighted by molar-refractivity contribution is 6.00. The first-order valence-corrected chi connectivity index (χ1v) is 6.77. The second kappa shape index (κ2) is 6.04. The Morgan fingerprint density at radius 3 is 2.26 bits per heavy atom. The van der Waals surface area contributed by atoms with E-state index in [9.17, 15) is 24.9 Å². The topological polar surface area (TPSA) is 113 Å². The van der Waals surface area contributed by atoms with Crippen LogP contribution in [0.3, 0.4) is 0 Å². The lowest BCUT2D eigenvalue weighted by Crippen LogP contribution is -2.12. The summed E-state index contributed by atoms with van der Waals surface area (Å²) in [5.41, 5.74) is -0.989. The highest BCUT2D eigenvalue weighted by atomic mass is 16.5. The molecule has 0 aliphatic rings. The second-order valence-electron chi connectivity index (χ2n) is 5.15. The van der Waals surface area contributed by atoms with Crippen molar-refractivity contribution < 1.29 is 29.6 Å². The molecule has 0 spiro atoms. The van der Waals surface area contributed by atoms with Crippen molar-refractivity contribution in [1.29, 1.82) is 0 Å². The van der Waals surface area contributed by atoms with Gasteiger partial charge in [-0.25, -0.2) is 4.79 Å². The SMILES string of the molecule is COc1cc2cc(C(=O)OC(C)C)cc(=O)c(O)c2c(O)c1O. The molecule has 23 heavy (non-hydrogen) atoms. The Morgan fingerprint density at radius 1 is 1.04 bits per heavy atom. The molecule has 0 radical (unpaired) electrons. The fourth-order valence-corrected chi connectivity index (χ4v) is 2.11. The third-order valence-corrected chi connectivity index (χ3v) is 3.14. The highest BCUT2D eigenvalue weighted by Gasteiger charge is 2.19. The predicted molar refractivity (Wildman–Crippen MR) is 82.3 cm³/mol. The number of carbonyl (C=O) groups is 1. The number of aromatic hydroxyl groups is 3. The number of fused-ring (bicyclic) bond motifs is 1. The summed E-state index contributed by atoms with van der Waals surface area (Å²) in [7, 11) is 1.27. The zero-order valence-electron chi connectivity index (χ0n) is 12.8. The smallest absolute Gasteiger partial charge is 0.338 e. The number of phenols is 2.